The first kappa shape index (κ1) is 25.1. The molecule has 0 spiro atoms. The minimum atomic E-state index is -4.83. The highest BCUT2D eigenvalue weighted by atomic mass is 35.5. The van der Waals surface area contributed by atoms with Gasteiger partial charge in [-0.2, -0.15) is 0 Å². The molecule has 0 radical (unpaired) electrons. The average Bonchev–Trinajstić information content (AvgIpc) is 3.06. The van der Waals surface area contributed by atoms with Crippen LogP contribution >= 0.6 is 11.6 Å². The summed E-state index contributed by atoms with van der Waals surface area (Å²) in [6.07, 6.45) is -3.20. The van der Waals surface area contributed by atoms with Crippen molar-refractivity contribution < 1.29 is 17.9 Å². The van der Waals surface area contributed by atoms with Crippen molar-refractivity contribution in [1.29, 1.82) is 0 Å². The number of hydrogen-bond acceptors (Lipinski definition) is 3. The monoisotopic (exact) mass is 493 g/mol. The number of imidazole rings is 1. The molecule has 2 heterocycles. The largest absolute Gasteiger partial charge is 0.573 e. The molecule has 176 valence electrons. The zero-order valence-electron chi connectivity index (χ0n) is 19.5. The van der Waals surface area contributed by atoms with Crippen molar-refractivity contribution in [1.82, 2.24) is 14.5 Å². The first-order valence-corrected chi connectivity index (χ1v) is 13.4. The van der Waals surface area contributed by atoms with Crippen molar-refractivity contribution in [2.75, 3.05) is 0 Å². The van der Waals surface area contributed by atoms with E-state index < -0.39 is 20.2 Å². The number of rotatable bonds is 5. The number of halogens is 4. The molecular weight excluding hydrogens is 467 g/mol. The zero-order chi connectivity index (χ0) is 24.6. The second kappa shape index (κ2) is 9.39. The Morgan fingerprint density at radius 3 is 2.21 bits per heavy atom. The Hall–Kier alpha value is -2.50. The predicted molar refractivity (Wildman–Crippen MR) is 128 cm³/mol. The summed E-state index contributed by atoms with van der Waals surface area (Å²) in [4.78, 5) is 9.11. The summed E-state index contributed by atoms with van der Waals surface area (Å²) in [5, 5.41) is -0.170. The topological polar surface area (TPSA) is 39.9 Å². The van der Waals surface area contributed by atoms with E-state index in [1.54, 1.807) is 16.8 Å². The molecule has 0 saturated heterocycles. The number of hydrogen-bond donors (Lipinski definition) is 0. The lowest BCUT2D eigenvalue weighted by molar-refractivity contribution is -0.274. The Kier molecular flexibility index (Phi) is 7.15. The Labute approximate surface area is 198 Å². The molecule has 33 heavy (non-hydrogen) atoms. The van der Waals surface area contributed by atoms with Crippen LogP contribution in [0.1, 0.15) is 47.4 Å². The highest BCUT2D eigenvalue weighted by molar-refractivity contribution is 6.90. The van der Waals surface area contributed by atoms with Gasteiger partial charge in [0.05, 0.1) is 10.7 Å². The first-order chi connectivity index (χ1) is 15.4. The van der Waals surface area contributed by atoms with Gasteiger partial charge in [0.1, 0.15) is 19.3 Å². The Morgan fingerprint density at radius 2 is 1.67 bits per heavy atom. The normalized spacial score (nSPS) is 12.5. The fraction of sp³-hybridized carbons (Fsp3) is 0.417. The zero-order valence-corrected chi connectivity index (χ0v) is 21.2. The molecule has 4 nitrogen and oxygen atoms in total. The summed E-state index contributed by atoms with van der Waals surface area (Å²) < 4.78 is 43.7. The van der Waals surface area contributed by atoms with Crippen molar-refractivity contribution in [3.63, 3.8) is 0 Å². The lowest BCUT2D eigenvalue weighted by Gasteiger charge is -2.38. The maximum atomic E-state index is 12.7. The fourth-order valence-electron chi connectivity index (χ4n) is 4.67. The molecule has 0 saturated carbocycles. The van der Waals surface area contributed by atoms with Crippen LogP contribution in [0.4, 0.5) is 13.2 Å². The smallest absolute Gasteiger partial charge is 0.404 e. The van der Waals surface area contributed by atoms with Crippen LogP contribution < -0.4 is 4.74 Å². The molecule has 0 N–H and O–H groups in total. The minimum absolute atomic E-state index is 0.170. The lowest BCUT2D eigenvalue weighted by atomic mass is 10.3. The average molecular weight is 494 g/mol. The van der Waals surface area contributed by atoms with Gasteiger partial charge in [0, 0.05) is 6.20 Å². The SMILES string of the molecule is CC(C)[Si](C#Cc1nc2cccnc2n1-c1ccc(OC(F)(F)F)c(Cl)c1)(C(C)C)C(C)C. The standard InChI is InChI=1S/C24H27ClF3N3OSi/c1-15(2)33(16(3)4,17(5)6)13-11-22-30-20-8-7-12-29-23(20)31(22)18-9-10-21(19(25)14-18)32-24(26,27)28/h7-10,12,14-17H,1-6H3. The number of aromatic nitrogens is 3. The van der Waals surface area contributed by atoms with Crippen molar-refractivity contribution >= 4 is 30.8 Å². The van der Waals surface area contributed by atoms with Gasteiger partial charge in [-0.25, -0.2) is 9.97 Å². The van der Waals surface area contributed by atoms with Crippen LogP contribution in [0.5, 0.6) is 5.75 Å². The van der Waals surface area contributed by atoms with Gasteiger partial charge >= 0.3 is 6.36 Å². The third-order valence-electron chi connectivity index (χ3n) is 6.07. The van der Waals surface area contributed by atoms with Gasteiger partial charge in [-0.1, -0.05) is 53.1 Å². The molecule has 0 amide bonds. The number of alkyl halides is 3. The summed E-state index contributed by atoms with van der Waals surface area (Å²) in [5.74, 6) is 3.33. The molecule has 0 unspecified atom stereocenters. The van der Waals surface area contributed by atoms with E-state index in [1.807, 2.05) is 6.07 Å². The molecule has 0 bridgehead atoms. The van der Waals surface area contributed by atoms with E-state index in [1.165, 1.54) is 18.2 Å². The predicted octanol–water partition coefficient (Wildman–Crippen LogP) is 7.54. The van der Waals surface area contributed by atoms with Gasteiger partial charge in [0.25, 0.3) is 0 Å². The molecule has 0 aliphatic carbocycles. The highest BCUT2D eigenvalue weighted by Gasteiger charge is 2.41. The molecule has 3 rings (SSSR count). The molecule has 0 aliphatic rings. The van der Waals surface area contributed by atoms with E-state index in [-0.39, 0.29) is 5.02 Å². The van der Waals surface area contributed by atoms with Gasteiger partial charge in [0.15, 0.2) is 11.5 Å². The van der Waals surface area contributed by atoms with Crippen molar-refractivity contribution in [3.05, 3.63) is 47.4 Å². The molecule has 2 aromatic heterocycles. The van der Waals surface area contributed by atoms with Crippen LogP contribution in [-0.2, 0) is 0 Å². The van der Waals surface area contributed by atoms with Crippen LogP contribution in [0.3, 0.4) is 0 Å². The number of fused-ring (bicyclic) bond motifs is 1. The minimum Gasteiger partial charge on any atom is -0.404 e. The van der Waals surface area contributed by atoms with Crippen molar-refractivity contribution in [3.8, 4) is 22.9 Å². The summed E-state index contributed by atoms with van der Waals surface area (Å²) in [6, 6.07) is 7.68. The summed E-state index contributed by atoms with van der Waals surface area (Å²) in [6.45, 7) is 13.4. The van der Waals surface area contributed by atoms with E-state index in [2.05, 4.69) is 67.7 Å². The lowest BCUT2D eigenvalue weighted by Crippen LogP contribution is -2.43. The highest BCUT2D eigenvalue weighted by Crippen LogP contribution is 2.41. The molecule has 1 aromatic carbocycles. The van der Waals surface area contributed by atoms with E-state index in [0.717, 1.165) is 0 Å². The second-order valence-corrected chi connectivity index (χ2v) is 14.9. The Balaban J connectivity index is 2.20. The third-order valence-corrected chi connectivity index (χ3v) is 12.7. The number of ether oxygens (including phenoxy) is 1. The Bertz CT molecular complexity index is 1190. The first-order valence-electron chi connectivity index (χ1n) is 10.8. The maximum Gasteiger partial charge on any atom is 0.573 e. The van der Waals surface area contributed by atoms with E-state index in [0.29, 0.717) is 39.3 Å². The van der Waals surface area contributed by atoms with E-state index in [9.17, 15) is 13.2 Å². The quantitative estimate of drug-likeness (QED) is 0.272. The van der Waals surface area contributed by atoms with Crippen molar-refractivity contribution in [2.24, 2.45) is 0 Å². The van der Waals surface area contributed by atoms with Crippen LogP contribution in [0.2, 0.25) is 21.6 Å². The summed E-state index contributed by atoms with van der Waals surface area (Å²) >= 11 is 6.12. The third kappa shape index (κ3) is 5.04. The molecule has 3 aromatic rings. The van der Waals surface area contributed by atoms with Gasteiger partial charge in [-0.15, -0.1) is 18.7 Å². The van der Waals surface area contributed by atoms with E-state index >= 15 is 0 Å². The van der Waals surface area contributed by atoms with Gasteiger partial charge in [-0.05, 0) is 52.9 Å². The molecule has 9 heteroatoms. The maximum absolute atomic E-state index is 12.7. The van der Waals surface area contributed by atoms with Gasteiger partial charge < -0.3 is 4.74 Å². The van der Waals surface area contributed by atoms with Gasteiger partial charge in [-0.3, -0.25) is 4.57 Å². The van der Waals surface area contributed by atoms with Gasteiger partial charge in [0.2, 0.25) is 0 Å². The number of pyridine rings is 1. The number of benzene rings is 1. The fourth-order valence-corrected chi connectivity index (χ4v) is 10.1. The summed E-state index contributed by atoms with van der Waals surface area (Å²) in [5.41, 5.74) is 6.66. The molecular formula is C24H27ClF3N3OSi. The molecule has 0 aliphatic heterocycles. The van der Waals surface area contributed by atoms with Crippen LogP contribution in [-0.4, -0.2) is 29.0 Å². The molecule has 0 atom stereocenters. The summed E-state index contributed by atoms with van der Waals surface area (Å²) in [7, 11) is -2.04. The van der Waals surface area contributed by atoms with Crippen LogP contribution in [0.15, 0.2) is 36.5 Å². The second-order valence-electron chi connectivity index (χ2n) is 8.93. The van der Waals surface area contributed by atoms with Crippen molar-refractivity contribution in [2.45, 2.75) is 64.5 Å². The Morgan fingerprint density at radius 1 is 1.03 bits per heavy atom. The van der Waals surface area contributed by atoms with E-state index in [4.69, 9.17) is 11.6 Å². The molecule has 0 fully saturated rings. The van der Waals surface area contributed by atoms with Crippen LogP contribution in [0, 0.1) is 11.5 Å². The number of nitrogens with zero attached hydrogens (tertiary/aromatic N) is 3. The van der Waals surface area contributed by atoms with Crippen LogP contribution in [0.25, 0.3) is 16.9 Å².